The molecule has 7 nitrogen and oxygen atoms in total. The quantitative estimate of drug-likeness (QED) is 0.764. The lowest BCUT2D eigenvalue weighted by Crippen LogP contribution is -2.23. The van der Waals surface area contributed by atoms with Gasteiger partial charge in [-0.2, -0.15) is 10.4 Å². The first-order valence-corrected chi connectivity index (χ1v) is 7.96. The van der Waals surface area contributed by atoms with Gasteiger partial charge in [-0.3, -0.25) is 9.59 Å². The minimum atomic E-state index is -0.543. The summed E-state index contributed by atoms with van der Waals surface area (Å²) in [5.41, 5.74) is 0.874. The zero-order valence-electron chi connectivity index (χ0n) is 14.3. The molecular weight excluding hydrogens is 349 g/mol. The van der Waals surface area contributed by atoms with Crippen molar-refractivity contribution in [2.24, 2.45) is 7.05 Å². The van der Waals surface area contributed by atoms with Crippen LogP contribution in [-0.2, 0) is 13.5 Å². The Balaban J connectivity index is 1.72. The standard InChI is InChI=1S/C19H14FN5O2/c1-25-17(26)8-6-15(24-25)19(27)23-16-7-5-12(11-22-16)9-13-3-2-4-14(10-21)18(13)20/h2-8,11H,9H2,1H3,(H,22,23,27). The Kier molecular flexibility index (Phi) is 5.04. The number of benzene rings is 1. The van der Waals surface area contributed by atoms with E-state index in [0.29, 0.717) is 11.4 Å². The molecule has 1 amide bonds. The maximum atomic E-state index is 14.1. The number of pyridine rings is 1. The fraction of sp³-hybridized carbons (Fsp3) is 0.105. The first kappa shape index (κ1) is 17.9. The van der Waals surface area contributed by atoms with Gasteiger partial charge < -0.3 is 5.32 Å². The van der Waals surface area contributed by atoms with E-state index in [0.717, 1.165) is 10.2 Å². The van der Waals surface area contributed by atoms with Crippen molar-refractivity contribution >= 4 is 11.7 Å². The molecule has 0 saturated carbocycles. The number of amides is 1. The monoisotopic (exact) mass is 363 g/mol. The number of anilines is 1. The van der Waals surface area contributed by atoms with Crippen LogP contribution in [0.25, 0.3) is 0 Å². The van der Waals surface area contributed by atoms with E-state index in [1.165, 1.54) is 31.4 Å². The summed E-state index contributed by atoms with van der Waals surface area (Å²) in [6, 6.07) is 12.3. The molecule has 0 unspecified atom stereocenters. The van der Waals surface area contributed by atoms with Gasteiger partial charge in [-0.1, -0.05) is 18.2 Å². The van der Waals surface area contributed by atoms with Crippen LogP contribution in [0.4, 0.5) is 10.2 Å². The van der Waals surface area contributed by atoms with Crippen LogP contribution in [0.1, 0.15) is 27.2 Å². The van der Waals surface area contributed by atoms with Gasteiger partial charge in [-0.25, -0.2) is 14.1 Å². The number of nitrogens with one attached hydrogen (secondary N) is 1. The Morgan fingerprint density at radius 3 is 2.74 bits per heavy atom. The number of hydrogen-bond acceptors (Lipinski definition) is 5. The first-order chi connectivity index (χ1) is 13.0. The van der Waals surface area contributed by atoms with Crippen LogP contribution >= 0.6 is 0 Å². The summed E-state index contributed by atoms with van der Waals surface area (Å²) in [6.07, 6.45) is 1.78. The highest BCUT2D eigenvalue weighted by atomic mass is 19.1. The predicted molar refractivity (Wildman–Crippen MR) is 95.6 cm³/mol. The fourth-order valence-electron chi connectivity index (χ4n) is 2.43. The van der Waals surface area contributed by atoms with Crippen molar-refractivity contribution in [2.45, 2.75) is 6.42 Å². The molecule has 0 saturated heterocycles. The largest absolute Gasteiger partial charge is 0.305 e. The van der Waals surface area contributed by atoms with Crippen molar-refractivity contribution in [1.29, 1.82) is 5.26 Å². The molecule has 0 aliphatic rings. The van der Waals surface area contributed by atoms with Gasteiger partial charge in [0.2, 0.25) is 0 Å². The molecule has 1 N–H and O–H groups in total. The molecule has 0 atom stereocenters. The Labute approximate surface area is 153 Å². The molecular formula is C19H14FN5O2. The minimum absolute atomic E-state index is 0.00546. The number of halogens is 1. The maximum absolute atomic E-state index is 14.1. The minimum Gasteiger partial charge on any atom is -0.305 e. The molecule has 8 heteroatoms. The van der Waals surface area contributed by atoms with Crippen LogP contribution in [0.5, 0.6) is 0 Å². The molecule has 27 heavy (non-hydrogen) atoms. The number of nitrogens with zero attached hydrogens (tertiary/aromatic N) is 4. The van der Waals surface area contributed by atoms with Crippen molar-refractivity contribution in [3.8, 4) is 6.07 Å². The fourth-order valence-corrected chi connectivity index (χ4v) is 2.43. The molecule has 1 aromatic carbocycles. The van der Waals surface area contributed by atoms with E-state index in [4.69, 9.17) is 5.26 Å². The predicted octanol–water partition coefficient (Wildman–Crippen LogP) is 2.03. The summed E-state index contributed by atoms with van der Waals surface area (Å²) in [5, 5.41) is 15.3. The van der Waals surface area contributed by atoms with E-state index in [1.807, 2.05) is 6.07 Å². The number of rotatable bonds is 4. The average molecular weight is 363 g/mol. The van der Waals surface area contributed by atoms with Gasteiger partial charge in [0.1, 0.15) is 23.4 Å². The molecule has 0 aliphatic heterocycles. The molecule has 0 radical (unpaired) electrons. The summed E-state index contributed by atoms with van der Waals surface area (Å²) in [4.78, 5) is 27.6. The second-order valence-corrected chi connectivity index (χ2v) is 5.75. The van der Waals surface area contributed by atoms with Crippen LogP contribution in [-0.4, -0.2) is 20.7 Å². The SMILES string of the molecule is Cn1nc(C(=O)Nc2ccc(Cc3cccc(C#N)c3F)cn2)ccc1=O. The van der Waals surface area contributed by atoms with Crippen molar-refractivity contribution < 1.29 is 9.18 Å². The van der Waals surface area contributed by atoms with Gasteiger partial charge in [0, 0.05) is 25.7 Å². The lowest BCUT2D eigenvalue weighted by molar-refractivity contribution is 0.101. The third-order valence-electron chi connectivity index (χ3n) is 3.85. The second kappa shape index (κ2) is 7.58. The summed E-state index contributed by atoms with van der Waals surface area (Å²) in [6.45, 7) is 0. The Hall–Kier alpha value is -3.86. The topological polar surface area (TPSA) is 101 Å². The first-order valence-electron chi connectivity index (χ1n) is 7.96. The molecule has 0 aliphatic carbocycles. The maximum Gasteiger partial charge on any atom is 0.277 e. The Bertz CT molecular complexity index is 1100. The van der Waals surface area contributed by atoms with Gasteiger partial charge in [-0.05, 0) is 29.3 Å². The lowest BCUT2D eigenvalue weighted by Gasteiger charge is -2.07. The zero-order chi connectivity index (χ0) is 19.4. The number of aryl methyl sites for hydroxylation is 1. The van der Waals surface area contributed by atoms with Crippen molar-refractivity contribution in [1.82, 2.24) is 14.8 Å². The summed E-state index contributed by atoms with van der Waals surface area (Å²) in [7, 11) is 1.45. The number of aromatic nitrogens is 3. The van der Waals surface area contributed by atoms with Gasteiger partial charge in [0.15, 0.2) is 0 Å². The third kappa shape index (κ3) is 4.04. The zero-order valence-corrected chi connectivity index (χ0v) is 14.3. The van der Waals surface area contributed by atoms with E-state index in [9.17, 15) is 14.0 Å². The highest BCUT2D eigenvalue weighted by Gasteiger charge is 2.11. The van der Waals surface area contributed by atoms with Crippen LogP contribution in [0.15, 0.2) is 53.5 Å². The number of carbonyl (C=O) groups excluding carboxylic acids is 1. The van der Waals surface area contributed by atoms with E-state index < -0.39 is 11.7 Å². The molecule has 3 rings (SSSR count). The van der Waals surface area contributed by atoms with E-state index in [1.54, 1.807) is 24.3 Å². The molecule has 3 aromatic rings. The molecule has 0 spiro atoms. The summed E-state index contributed by atoms with van der Waals surface area (Å²) >= 11 is 0. The number of carbonyl (C=O) groups is 1. The van der Waals surface area contributed by atoms with Gasteiger partial charge in [-0.15, -0.1) is 0 Å². The Morgan fingerprint density at radius 2 is 2.07 bits per heavy atom. The second-order valence-electron chi connectivity index (χ2n) is 5.75. The van der Waals surface area contributed by atoms with Crippen molar-refractivity contribution in [3.63, 3.8) is 0 Å². The molecule has 0 fully saturated rings. The van der Waals surface area contributed by atoms with Crippen LogP contribution in [0, 0.1) is 17.1 Å². The van der Waals surface area contributed by atoms with Crippen molar-refractivity contribution in [2.75, 3.05) is 5.32 Å². The van der Waals surface area contributed by atoms with E-state index >= 15 is 0 Å². The van der Waals surface area contributed by atoms with Crippen molar-refractivity contribution in [3.05, 3.63) is 87.2 Å². The van der Waals surface area contributed by atoms with Gasteiger partial charge in [0.05, 0.1) is 5.56 Å². The van der Waals surface area contributed by atoms with E-state index in [-0.39, 0.29) is 23.2 Å². The summed E-state index contributed by atoms with van der Waals surface area (Å²) < 4.78 is 15.2. The van der Waals surface area contributed by atoms with Crippen LogP contribution < -0.4 is 10.9 Å². The van der Waals surface area contributed by atoms with Gasteiger partial charge >= 0.3 is 0 Å². The normalized spacial score (nSPS) is 10.3. The number of hydrogen-bond donors (Lipinski definition) is 1. The smallest absolute Gasteiger partial charge is 0.277 e. The lowest BCUT2D eigenvalue weighted by atomic mass is 10.0. The molecule has 2 aromatic heterocycles. The average Bonchev–Trinajstić information content (AvgIpc) is 2.67. The van der Waals surface area contributed by atoms with Gasteiger partial charge in [0.25, 0.3) is 11.5 Å². The number of nitriles is 1. The van der Waals surface area contributed by atoms with Crippen LogP contribution in [0.3, 0.4) is 0 Å². The van der Waals surface area contributed by atoms with Crippen LogP contribution in [0.2, 0.25) is 0 Å². The third-order valence-corrected chi connectivity index (χ3v) is 3.85. The van der Waals surface area contributed by atoms with E-state index in [2.05, 4.69) is 15.4 Å². The molecule has 134 valence electrons. The highest BCUT2D eigenvalue weighted by molar-refractivity contribution is 6.02. The molecule has 0 bridgehead atoms. The molecule has 2 heterocycles. The summed E-state index contributed by atoms with van der Waals surface area (Å²) in [5.74, 6) is -0.748. The highest BCUT2D eigenvalue weighted by Crippen LogP contribution is 2.17. The Morgan fingerprint density at radius 1 is 1.26 bits per heavy atom.